The molecule has 0 unspecified atom stereocenters. The molecule has 32 heavy (non-hydrogen) atoms. The molecule has 2 aromatic heterocycles. The Balaban J connectivity index is 1.60. The molecule has 0 aliphatic carbocycles. The zero-order valence-electron chi connectivity index (χ0n) is 18.3. The largest absolute Gasteiger partial charge is 0.376 e. The summed E-state index contributed by atoms with van der Waals surface area (Å²) in [6.07, 6.45) is 4.21. The van der Waals surface area contributed by atoms with Crippen molar-refractivity contribution in [3.05, 3.63) is 82.4 Å². The number of ether oxygens (including phenoxy) is 1. The van der Waals surface area contributed by atoms with Crippen LogP contribution in [0.5, 0.6) is 0 Å². The molecule has 3 aromatic rings. The Morgan fingerprint density at radius 1 is 1.19 bits per heavy atom. The third-order valence-corrected chi connectivity index (χ3v) is 7.18. The molecule has 166 valence electrons. The summed E-state index contributed by atoms with van der Waals surface area (Å²) >= 11 is 12.4. The highest BCUT2D eigenvalue weighted by Crippen LogP contribution is 2.42. The summed E-state index contributed by atoms with van der Waals surface area (Å²) in [6, 6.07) is 16.3. The van der Waals surface area contributed by atoms with Crippen LogP contribution in [0.4, 0.5) is 0 Å². The molecule has 0 bridgehead atoms. The smallest absolute Gasteiger partial charge is 0.170 e. The highest BCUT2D eigenvalue weighted by atomic mass is 35.5. The second-order valence-electron chi connectivity index (χ2n) is 8.53. The first-order chi connectivity index (χ1) is 15.5. The predicted octanol–water partition coefficient (Wildman–Crippen LogP) is 5.29. The van der Waals surface area contributed by atoms with Crippen molar-refractivity contribution in [1.29, 1.82) is 0 Å². The van der Waals surface area contributed by atoms with E-state index in [1.54, 1.807) is 0 Å². The number of para-hydroxylation sites is 1. The second kappa shape index (κ2) is 8.85. The molecule has 3 atom stereocenters. The van der Waals surface area contributed by atoms with Gasteiger partial charge in [0.15, 0.2) is 5.11 Å². The fourth-order valence-electron chi connectivity index (χ4n) is 5.04. The molecule has 2 aliphatic heterocycles. The van der Waals surface area contributed by atoms with Crippen LogP contribution < -0.4 is 5.32 Å². The molecule has 0 saturated carbocycles. The fourth-order valence-corrected chi connectivity index (χ4v) is 5.57. The Hall–Kier alpha value is -2.41. The van der Waals surface area contributed by atoms with Crippen LogP contribution in [0.15, 0.2) is 54.7 Å². The highest BCUT2D eigenvalue weighted by Gasteiger charge is 2.42. The summed E-state index contributed by atoms with van der Waals surface area (Å²) in [6.45, 7) is 5.89. The van der Waals surface area contributed by atoms with E-state index in [0.717, 1.165) is 58.9 Å². The predicted molar refractivity (Wildman–Crippen MR) is 131 cm³/mol. The van der Waals surface area contributed by atoms with E-state index >= 15 is 0 Å². The summed E-state index contributed by atoms with van der Waals surface area (Å²) in [5, 5.41) is 5.04. The lowest BCUT2D eigenvalue weighted by Crippen LogP contribution is -2.36. The number of hydrogen-bond acceptors (Lipinski definition) is 3. The average molecular weight is 467 g/mol. The van der Waals surface area contributed by atoms with Crippen LogP contribution in [0.2, 0.25) is 5.02 Å². The monoisotopic (exact) mass is 466 g/mol. The molecule has 2 fully saturated rings. The fraction of sp³-hybridized carbons (Fsp3) is 0.360. The van der Waals surface area contributed by atoms with Gasteiger partial charge in [0.1, 0.15) is 0 Å². The molecule has 2 saturated heterocycles. The van der Waals surface area contributed by atoms with Crippen molar-refractivity contribution >= 4 is 28.9 Å². The number of pyridine rings is 1. The minimum absolute atomic E-state index is 0.0176. The zero-order valence-corrected chi connectivity index (χ0v) is 19.9. The van der Waals surface area contributed by atoms with Crippen LogP contribution in [0.3, 0.4) is 0 Å². The van der Waals surface area contributed by atoms with Gasteiger partial charge >= 0.3 is 0 Å². The van der Waals surface area contributed by atoms with E-state index in [-0.39, 0.29) is 18.2 Å². The number of benzene rings is 1. The van der Waals surface area contributed by atoms with Gasteiger partial charge in [-0.3, -0.25) is 4.98 Å². The lowest BCUT2D eigenvalue weighted by Gasteiger charge is -2.30. The summed E-state index contributed by atoms with van der Waals surface area (Å²) < 4.78 is 8.20. The maximum absolute atomic E-state index is 6.57. The Labute approximate surface area is 199 Å². The van der Waals surface area contributed by atoms with Gasteiger partial charge < -0.3 is 19.5 Å². The quantitative estimate of drug-likeness (QED) is 0.517. The van der Waals surface area contributed by atoms with Gasteiger partial charge in [-0.05, 0) is 74.8 Å². The summed E-state index contributed by atoms with van der Waals surface area (Å²) in [7, 11) is 0. The van der Waals surface area contributed by atoms with Gasteiger partial charge in [0.25, 0.3) is 0 Å². The molecule has 1 N–H and O–H groups in total. The number of rotatable bonds is 5. The number of nitrogens with zero attached hydrogens (tertiary/aromatic N) is 3. The summed E-state index contributed by atoms with van der Waals surface area (Å²) in [4.78, 5) is 6.96. The van der Waals surface area contributed by atoms with Crippen molar-refractivity contribution in [1.82, 2.24) is 19.8 Å². The minimum Gasteiger partial charge on any atom is -0.376 e. The van der Waals surface area contributed by atoms with Crippen LogP contribution in [-0.2, 0) is 4.74 Å². The van der Waals surface area contributed by atoms with Crippen LogP contribution in [0, 0.1) is 13.8 Å². The van der Waals surface area contributed by atoms with E-state index in [4.69, 9.17) is 28.6 Å². The third-order valence-electron chi connectivity index (χ3n) is 6.50. The van der Waals surface area contributed by atoms with E-state index in [2.05, 4.69) is 51.8 Å². The first-order valence-corrected chi connectivity index (χ1v) is 11.9. The van der Waals surface area contributed by atoms with Gasteiger partial charge in [0.05, 0.1) is 34.6 Å². The van der Waals surface area contributed by atoms with Crippen molar-refractivity contribution in [2.24, 2.45) is 0 Å². The van der Waals surface area contributed by atoms with E-state index in [0.29, 0.717) is 0 Å². The van der Waals surface area contributed by atoms with Crippen molar-refractivity contribution in [3.8, 4) is 5.69 Å². The topological polar surface area (TPSA) is 42.3 Å². The molecule has 2 aliphatic rings. The van der Waals surface area contributed by atoms with Crippen molar-refractivity contribution in [2.45, 2.75) is 44.9 Å². The third kappa shape index (κ3) is 3.81. The van der Waals surface area contributed by atoms with Crippen molar-refractivity contribution in [3.63, 3.8) is 0 Å². The minimum atomic E-state index is -0.0368. The second-order valence-corrected chi connectivity index (χ2v) is 9.32. The molecule has 1 aromatic carbocycles. The standard InChI is InChI=1S/C25H27ClN4OS/c1-16-14-19(17(2)30(16)22-11-4-3-9-20(22)26)24-23(21-10-5-6-12-27-21)28-25(32)29(24)15-18-8-7-13-31-18/h3-6,9-12,14,18,23-24H,7-8,13,15H2,1-2H3,(H,28,32)/t18-,23-,24+/m0/s1. The Morgan fingerprint density at radius 2 is 2.00 bits per heavy atom. The molecule has 5 nitrogen and oxygen atoms in total. The number of hydrogen-bond donors (Lipinski definition) is 1. The number of thiocarbonyl (C=S) groups is 1. The molecule has 7 heteroatoms. The summed E-state index contributed by atoms with van der Waals surface area (Å²) in [5.74, 6) is 0. The maximum Gasteiger partial charge on any atom is 0.170 e. The van der Waals surface area contributed by atoms with Crippen LogP contribution in [0.25, 0.3) is 5.69 Å². The number of halogens is 1. The summed E-state index contributed by atoms with van der Waals surface area (Å²) in [5.41, 5.74) is 5.50. The number of aromatic nitrogens is 2. The Morgan fingerprint density at radius 3 is 2.72 bits per heavy atom. The zero-order chi connectivity index (χ0) is 22.2. The molecule has 5 rings (SSSR count). The van der Waals surface area contributed by atoms with Crippen molar-refractivity contribution < 1.29 is 4.74 Å². The molecule has 0 radical (unpaired) electrons. The van der Waals surface area contributed by atoms with Gasteiger partial charge in [-0.1, -0.05) is 29.8 Å². The first-order valence-electron chi connectivity index (χ1n) is 11.1. The van der Waals surface area contributed by atoms with E-state index in [9.17, 15) is 0 Å². The van der Waals surface area contributed by atoms with Crippen LogP contribution in [-0.4, -0.2) is 38.8 Å². The molecule has 4 heterocycles. The van der Waals surface area contributed by atoms with Gasteiger partial charge in [-0.25, -0.2) is 0 Å². The van der Waals surface area contributed by atoms with Crippen LogP contribution in [0.1, 0.15) is 47.6 Å². The molecule has 0 spiro atoms. The van der Waals surface area contributed by atoms with E-state index in [1.807, 2.05) is 36.5 Å². The molecular weight excluding hydrogens is 440 g/mol. The van der Waals surface area contributed by atoms with Gasteiger partial charge in [-0.15, -0.1) is 0 Å². The van der Waals surface area contributed by atoms with E-state index in [1.165, 1.54) is 5.56 Å². The molecular formula is C25H27ClN4OS. The normalized spacial score (nSPS) is 23.0. The van der Waals surface area contributed by atoms with Crippen LogP contribution >= 0.6 is 23.8 Å². The van der Waals surface area contributed by atoms with Gasteiger partial charge in [0, 0.05) is 30.7 Å². The maximum atomic E-state index is 6.57. The number of nitrogens with one attached hydrogen (secondary N) is 1. The lowest BCUT2D eigenvalue weighted by molar-refractivity contribution is 0.0842. The van der Waals surface area contributed by atoms with Crippen molar-refractivity contribution in [2.75, 3.05) is 13.2 Å². The van der Waals surface area contributed by atoms with E-state index < -0.39 is 0 Å². The SMILES string of the molecule is Cc1cc([C@@H]2[C@H](c3ccccn3)NC(=S)N2C[C@@H]2CCCO2)c(C)n1-c1ccccc1Cl. The number of aryl methyl sites for hydroxylation is 1. The molecule has 0 amide bonds. The Kier molecular flexibility index (Phi) is 5.93. The first kappa shape index (κ1) is 21.4. The lowest BCUT2D eigenvalue weighted by atomic mass is 9.96. The Bertz CT molecular complexity index is 1130. The van der Waals surface area contributed by atoms with Gasteiger partial charge in [0.2, 0.25) is 0 Å². The average Bonchev–Trinajstić information content (AvgIpc) is 3.49. The van der Waals surface area contributed by atoms with Gasteiger partial charge in [-0.2, -0.15) is 0 Å². The highest BCUT2D eigenvalue weighted by molar-refractivity contribution is 7.80.